The first-order valence-corrected chi connectivity index (χ1v) is 5.30. The van der Waals surface area contributed by atoms with Gasteiger partial charge in [0.1, 0.15) is 5.75 Å². The number of ether oxygens (including phenoxy) is 1. The fourth-order valence-electron chi connectivity index (χ4n) is 2.43. The highest BCUT2D eigenvalue weighted by Gasteiger charge is 2.47. The molecule has 74 valence electrons. The first kappa shape index (κ1) is 8.30. The van der Waals surface area contributed by atoms with E-state index >= 15 is 0 Å². The first-order chi connectivity index (χ1) is 6.80. The van der Waals surface area contributed by atoms with Crippen LogP contribution in [0.4, 0.5) is 0 Å². The predicted octanol–water partition coefficient (Wildman–Crippen LogP) is 2.04. The van der Waals surface area contributed by atoms with E-state index in [1.165, 1.54) is 18.4 Å². The van der Waals surface area contributed by atoms with Crippen LogP contribution in [0.1, 0.15) is 30.7 Å². The van der Waals surface area contributed by atoms with Crippen molar-refractivity contribution in [2.75, 3.05) is 6.61 Å². The lowest BCUT2D eigenvalue weighted by molar-refractivity contribution is 0.251. The smallest absolute Gasteiger partial charge is 0.122 e. The monoisotopic (exact) mass is 189 g/mol. The molecule has 1 aliphatic heterocycles. The minimum atomic E-state index is 0.0832. The second-order valence-corrected chi connectivity index (χ2v) is 4.46. The van der Waals surface area contributed by atoms with Crippen molar-refractivity contribution in [1.29, 1.82) is 0 Å². The van der Waals surface area contributed by atoms with Crippen LogP contribution in [-0.2, 0) is 0 Å². The highest BCUT2D eigenvalue weighted by molar-refractivity contribution is 5.41. The molecule has 1 aliphatic carbocycles. The summed E-state index contributed by atoms with van der Waals surface area (Å²) in [6.45, 7) is 0.820. The zero-order chi connectivity index (χ0) is 9.60. The van der Waals surface area contributed by atoms with Gasteiger partial charge in [-0.1, -0.05) is 18.2 Å². The summed E-state index contributed by atoms with van der Waals surface area (Å²) >= 11 is 0. The highest BCUT2D eigenvalue weighted by atomic mass is 16.5. The Balaban J connectivity index is 2.02. The molecular weight excluding hydrogens is 174 g/mol. The largest absolute Gasteiger partial charge is 0.493 e. The molecule has 1 atom stereocenters. The van der Waals surface area contributed by atoms with Gasteiger partial charge in [0.15, 0.2) is 0 Å². The zero-order valence-electron chi connectivity index (χ0n) is 8.20. The summed E-state index contributed by atoms with van der Waals surface area (Å²) in [6, 6.07) is 8.31. The summed E-state index contributed by atoms with van der Waals surface area (Å²) in [5.74, 6) is 1.56. The van der Waals surface area contributed by atoms with Gasteiger partial charge in [0.2, 0.25) is 0 Å². The Hall–Kier alpha value is -1.02. The SMILES string of the molecule is NC1(C2CCOc3ccccc32)CC1. The Kier molecular flexibility index (Phi) is 1.62. The lowest BCUT2D eigenvalue weighted by Crippen LogP contribution is -2.34. The summed E-state index contributed by atoms with van der Waals surface area (Å²) in [6.07, 6.45) is 3.42. The van der Waals surface area contributed by atoms with Crippen LogP contribution >= 0.6 is 0 Å². The second-order valence-electron chi connectivity index (χ2n) is 4.46. The van der Waals surface area contributed by atoms with Crippen LogP contribution in [0, 0.1) is 0 Å². The Morgan fingerprint density at radius 2 is 2.07 bits per heavy atom. The van der Waals surface area contributed by atoms with Crippen LogP contribution in [0.2, 0.25) is 0 Å². The fourth-order valence-corrected chi connectivity index (χ4v) is 2.43. The minimum Gasteiger partial charge on any atom is -0.493 e. The van der Waals surface area contributed by atoms with Gasteiger partial charge in [-0.3, -0.25) is 0 Å². The van der Waals surface area contributed by atoms with Crippen molar-refractivity contribution < 1.29 is 4.74 Å². The molecule has 1 heterocycles. The van der Waals surface area contributed by atoms with Crippen molar-refractivity contribution in [2.45, 2.75) is 30.7 Å². The molecule has 1 aromatic carbocycles. The van der Waals surface area contributed by atoms with Crippen LogP contribution < -0.4 is 10.5 Å². The molecule has 0 bridgehead atoms. The van der Waals surface area contributed by atoms with Gasteiger partial charge in [-0.05, 0) is 30.9 Å². The maximum Gasteiger partial charge on any atom is 0.122 e. The van der Waals surface area contributed by atoms with Crippen molar-refractivity contribution in [1.82, 2.24) is 0 Å². The predicted molar refractivity (Wildman–Crippen MR) is 55.4 cm³/mol. The summed E-state index contributed by atoms with van der Waals surface area (Å²) in [7, 11) is 0. The molecule has 2 heteroatoms. The lowest BCUT2D eigenvalue weighted by Gasteiger charge is -2.30. The molecule has 1 fully saturated rings. The van der Waals surface area contributed by atoms with Gasteiger partial charge >= 0.3 is 0 Å². The molecule has 1 aromatic rings. The van der Waals surface area contributed by atoms with E-state index < -0.39 is 0 Å². The van der Waals surface area contributed by atoms with Crippen LogP contribution in [-0.4, -0.2) is 12.1 Å². The van der Waals surface area contributed by atoms with Crippen molar-refractivity contribution in [2.24, 2.45) is 5.73 Å². The molecular formula is C12H15NO. The van der Waals surface area contributed by atoms with Gasteiger partial charge in [0.25, 0.3) is 0 Å². The third kappa shape index (κ3) is 1.14. The van der Waals surface area contributed by atoms with Crippen LogP contribution in [0.3, 0.4) is 0 Å². The van der Waals surface area contributed by atoms with E-state index in [1.54, 1.807) is 0 Å². The van der Waals surface area contributed by atoms with Crippen molar-refractivity contribution in [3.63, 3.8) is 0 Å². The summed E-state index contributed by atoms with van der Waals surface area (Å²) in [5.41, 5.74) is 7.68. The average molecular weight is 189 g/mol. The minimum absolute atomic E-state index is 0.0832. The summed E-state index contributed by atoms with van der Waals surface area (Å²) in [4.78, 5) is 0. The number of para-hydroxylation sites is 1. The topological polar surface area (TPSA) is 35.2 Å². The van der Waals surface area contributed by atoms with E-state index in [0.717, 1.165) is 18.8 Å². The molecule has 3 rings (SSSR count). The first-order valence-electron chi connectivity index (χ1n) is 5.30. The van der Waals surface area contributed by atoms with E-state index in [4.69, 9.17) is 10.5 Å². The highest BCUT2D eigenvalue weighted by Crippen LogP contribution is 2.50. The molecule has 0 saturated heterocycles. The van der Waals surface area contributed by atoms with Gasteiger partial charge < -0.3 is 10.5 Å². The van der Waals surface area contributed by atoms with Crippen molar-refractivity contribution in [3.05, 3.63) is 29.8 Å². The van der Waals surface area contributed by atoms with Crippen LogP contribution in [0.25, 0.3) is 0 Å². The molecule has 2 aliphatic rings. The number of fused-ring (bicyclic) bond motifs is 1. The quantitative estimate of drug-likeness (QED) is 0.733. The molecule has 0 radical (unpaired) electrons. The molecule has 0 aromatic heterocycles. The standard InChI is InChI=1S/C12H15NO/c13-12(6-7-12)10-5-8-14-11-4-2-1-3-9(10)11/h1-4,10H,5-8,13H2. The van der Waals surface area contributed by atoms with E-state index in [0.29, 0.717) is 5.92 Å². The Morgan fingerprint density at radius 1 is 1.29 bits per heavy atom. The number of hydrogen-bond donors (Lipinski definition) is 1. The fraction of sp³-hybridized carbons (Fsp3) is 0.500. The van der Waals surface area contributed by atoms with E-state index in [1.807, 2.05) is 12.1 Å². The van der Waals surface area contributed by atoms with Crippen LogP contribution in [0.5, 0.6) is 5.75 Å². The van der Waals surface area contributed by atoms with Gasteiger partial charge in [-0.2, -0.15) is 0 Å². The second kappa shape index (κ2) is 2.74. The normalized spacial score (nSPS) is 27.6. The Bertz CT molecular complexity index is 357. The zero-order valence-corrected chi connectivity index (χ0v) is 8.20. The molecule has 1 unspecified atom stereocenters. The van der Waals surface area contributed by atoms with Gasteiger partial charge in [0, 0.05) is 11.5 Å². The Labute approximate surface area is 84.1 Å². The van der Waals surface area contributed by atoms with Crippen LogP contribution in [0.15, 0.2) is 24.3 Å². The van der Waals surface area contributed by atoms with E-state index in [2.05, 4.69) is 12.1 Å². The molecule has 2 nitrogen and oxygen atoms in total. The third-order valence-electron chi connectivity index (χ3n) is 3.48. The Morgan fingerprint density at radius 3 is 2.86 bits per heavy atom. The summed E-state index contributed by atoms with van der Waals surface area (Å²) < 4.78 is 5.62. The number of hydrogen-bond acceptors (Lipinski definition) is 2. The van der Waals surface area contributed by atoms with Gasteiger partial charge in [-0.25, -0.2) is 0 Å². The van der Waals surface area contributed by atoms with Crippen molar-refractivity contribution in [3.8, 4) is 5.75 Å². The number of rotatable bonds is 1. The maximum atomic E-state index is 6.28. The average Bonchev–Trinajstić information content (AvgIpc) is 2.97. The molecule has 0 spiro atoms. The molecule has 14 heavy (non-hydrogen) atoms. The van der Waals surface area contributed by atoms with Crippen molar-refractivity contribution >= 4 is 0 Å². The summed E-state index contributed by atoms with van der Waals surface area (Å²) in [5, 5.41) is 0. The molecule has 1 saturated carbocycles. The third-order valence-corrected chi connectivity index (χ3v) is 3.48. The van der Waals surface area contributed by atoms with E-state index in [-0.39, 0.29) is 5.54 Å². The molecule has 0 amide bonds. The van der Waals surface area contributed by atoms with E-state index in [9.17, 15) is 0 Å². The lowest BCUT2D eigenvalue weighted by atomic mass is 9.85. The van der Waals surface area contributed by atoms with Gasteiger partial charge in [-0.15, -0.1) is 0 Å². The molecule has 2 N–H and O–H groups in total. The number of nitrogens with two attached hydrogens (primary N) is 1. The maximum absolute atomic E-state index is 6.28. The van der Waals surface area contributed by atoms with Gasteiger partial charge in [0.05, 0.1) is 6.61 Å². The number of benzene rings is 1.